The van der Waals surface area contributed by atoms with E-state index in [9.17, 15) is 10.4 Å². The highest BCUT2D eigenvalue weighted by atomic mass is 127. The van der Waals surface area contributed by atoms with Gasteiger partial charge in [0, 0.05) is 19.2 Å². The van der Waals surface area contributed by atoms with Gasteiger partial charge in [-0.05, 0) is 28.7 Å². The Labute approximate surface area is 133 Å². The first-order valence-electron chi connectivity index (χ1n) is 5.94. The maximum atomic E-state index is 10.2. The van der Waals surface area contributed by atoms with Gasteiger partial charge >= 0.3 is 0 Å². The molecule has 1 N–H and O–H groups in total. The van der Waals surface area contributed by atoms with Gasteiger partial charge in [0.15, 0.2) is 0 Å². The molecule has 0 atom stereocenters. The van der Waals surface area contributed by atoms with Crippen molar-refractivity contribution >= 4 is 34.2 Å². The molecule has 0 spiro atoms. The Kier molecular flexibility index (Phi) is 3.48. The fourth-order valence-electron chi connectivity index (χ4n) is 2.26. The van der Waals surface area contributed by atoms with Gasteiger partial charge in [-0.1, -0.05) is 11.6 Å². The van der Waals surface area contributed by atoms with Crippen LogP contribution in [0.3, 0.4) is 0 Å². The van der Waals surface area contributed by atoms with Crippen LogP contribution in [0.2, 0.25) is 5.02 Å². The minimum atomic E-state index is -0.117. The molecular weight excluding hydrogens is 393 g/mol. The van der Waals surface area contributed by atoms with Crippen LogP contribution in [0.15, 0.2) is 12.3 Å². The number of aromatic hydroxyl groups is 1. The van der Waals surface area contributed by atoms with E-state index in [4.69, 9.17) is 16.3 Å². The fraction of sp³-hybridized carbons (Fsp3) is 0.231. The van der Waals surface area contributed by atoms with Crippen LogP contribution in [0.25, 0.3) is 11.3 Å². The number of nitrogens with zero attached hydrogens (tertiary/aromatic N) is 3. The van der Waals surface area contributed by atoms with E-state index in [1.54, 1.807) is 16.9 Å². The summed E-state index contributed by atoms with van der Waals surface area (Å²) in [6, 6.07) is 3.82. The van der Waals surface area contributed by atoms with Gasteiger partial charge in [0.1, 0.15) is 28.2 Å². The van der Waals surface area contributed by atoms with E-state index >= 15 is 0 Å². The first-order valence-corrected chi connectivity index (χ1v) is 7.39. The van der Waals surface area contributed by atoms with Crippen molar-refractivity contribution in [1.29, 1.82) is 5.26 Å². The molecule has 0 aliphatic carbocycles. The van der Waals surface area contributed by atoms with Crippen LogP contribution in [-0.4, -0.2) is 21.5 Å². The van der Waals surface area contributed by atoms with Crippen LogP contribution in [0, 0.1) is 14.9 Å². The van der Waals surface area contributed by atoms with Crippen molar-refractivity contribution in [2.75, 3.05) is 6.61 Å². The number of aromatic nitrogens is 2. The predicted molar refractivity (Wildman–Crippen MR) is 81.9 cm³/mol. The van der Waals surface area contributed by atoms with Gasteiger partial charge in [0.25, 0.3) is 0 Å². The topological polar surface area (TPSA) is 71.1 Å². The van der Waals surface area contributed by atoms with Crippen LogP contribution in [-0.2, 0) is 6.54 Å². The van der Waals surface area contributed by atoms with E-state index in [2.05, 4.69) is 5.10 Å². The Bertz CT molecular complexity index is 736. The lowest BCUT2D eigenvalue weighted by Crippen LogP contribution is -2.12. The van der Waals surface area contributed by atoms with Crippen molar-refractivity contribution in [2.24, 2.45) is 0 Å². The van der Waals surface area contributed by atoms with E-state index in [0.717, 1.165) is 12.1 Å². The largest absolute Gasteiger partial charge is 0.505 e. The molecule has 1 aromatic heterocycles. The molecule has 0 bridgehead atoms. The molecule has 102 valence electrons. The lowest BCUT2D eigenvalue weighted by Gasteiger charge is -2.20. The summed E-state index contributed by atoms with van der Waals surface area (Å²) < 4.78 is 7.94. The minimum Gasteiger partial charge on any atom is -0.505 e. The summed E-state index contributed by atoms with van der Waals surface area (Å²) in [6.45, 7) is 1.18. The maximum Gasteiger partial charge on any atom is 0.149 e. The fourth-order valence-corrected chi connectivity index (χ4v) is 3.01. The Morgan fingerprint density at radius 1 is 1.55 bits per heavy atom. The highest BCUT2D eigenvalue weighted by Crippen LogP contribution is 2.47. The highest BCUT2D eigenvalue weighted by molar-refractivity contribution is 14.1. The number of nitriles is 1. The van der Waals surface area contributed by atoms with Gasteiger partial charge in [-0.25, -0.2) is 0 Å². The molecule has 0 radical (unpaired) electrons. The second kappa shape index (κ2) is 5.14. The number of rotatable bonds is 0. The van der Waals surface area contributed by atoms with Crippen LogP contribution in [0.5, 0.6) is 11.5 Å². The predicted octanol–water partition coefficient (Wildman–Crippen LogP) is 3.17. The summed E-state index contributed by atoms with van der Waals surface area (Å²) in [5, 5.41) is 24.1. The quantitative estimate of drug-likeness (QED) is 0.688. The standard InChI is InChI=1S/C13H9ClIN3O2/c14-10-11(15)12(19)7(6-16)9-8-2-3-17-18(8)4-1-5-20-13(9)10/h2-3,19H,1,4-5H2. The Morgan fingerprint density at radius 2 is 2.35 bits per heavy atom. The number of halogens is 2. The molecule has 7 heteroatoms. The van der Waals surface area contributed by atoms with Crippen molar-refractivity contribution in [3.63, 3.8) is 0 Å². The molecule has 5 nitrogen and oxygen atoms in total. The number of phenols is 1. The van der Waals surface area contributed by atoms with Crippen LogP contribution >= 0.6 is 34.2 Å². The summed E-state index contributed by atoms with van der Waals surface area (Å²) in [6.07, 6.45) is 2.46. The molecule has 0 saturated carbocycles. The number of ether oxygens (including phenoxy) is 1. The zero-order valence-electron chi connectivity index (χ0n) is 10.2. The number of aryl methyl sites for hydroxylation is 1. The molecule has 1 aromatic carbocycles. The summed E-state index contributed by atoms with van der Waals surface area (Å²) in [5.41, 5.74) is 1.40. The van der Waals surface area contributed by atoms with E-state index in [1.165, 1.54) is 0 Å². The summed E-state index contributed by atoms with van der Waals surface area (Å²) in [4.78, 5) is 0. The monoisotopic (exact) mass is 401 g/mol. The molecule has 2 aromatic rings. The first-order chi connectivity index (χ1) is 9.65. The molecular formula is C13H9ClIN3O2. The smallest absolute Gasteiger partial charge is 0.149 e. The van der Waals surface area contributed by atoms with E-state index in [0.29, 0.717) is 33.1 Å². The van der Waals surface area contributed by atoms with Gasteiger partial charge in [0.05, 0.1) is 21.4 Å². The van der Waals surface area contributed by atoms with Crippen LogP contribution in [0.4, 0.5) is 0 Å². The number of benzene rings is 1. The Morgan fingerprint density at radius 3 is 3.10 bits per heavy atom. The second-order valence-electron chi connectivity index (χ2n) is 4.31. The zero-order chi connectivity index (χ0) is 14.3. The van der Waals surface area contributed by atoms with Crippen molar-refractivity contribution in [1.82, 2.24) is 9.78 Å². The van der Waals surface area contributed by atoms with Crippen molar-refractivity contribution in [3.8, 4) is 28.8 Å². The van der Waals surface area contributed by atoms with Crippen LogP contribution < -0.4 is 4.74 Å². The second-order valence-corrected chi connectivity index (χ2v) is 5.77. The van der Waals surface area contributed by atoms with E-state index < -0.39 is 0 Å². The lowest BCUT2D eigenvalue weighted by molar-refractivity contribution is 0.294. The van der Waals surface area contributed by atoms with E-state index in [1.807, 2.05) is 28.7 Å². The molecule has 1 aliphatic rings. The summed E-state index contributed by atoms with van der Waals surface area (Å²) >= 11 is 8.18. The molecule has 1 aliphatic heterocycles. The number of phenolic OH excluding ortho intramolecular Hbond substituents is 1. The third kappa shape index (κ3) is 1.93. The van der Waals surface area contributed by atoms with E-state index in [-0.39, 0.29) is 11.3 Å². The number of hydrogen-bond acceptors (Lipinski definition) is 4. The van der Waals surface area contributed by atoms with Gasteiger partial charge in [-0.3, -0.25) is 4.68 Å². The van der Waals surface area contributed by atoms with Crippen molar-refractivity contribution in [3.05, 3.63) is 26.4 Å². The molecule has 20 heavy (non-hydrogen) atoms. The van der Waals surface area contributed by atoms with Crippen molar-refractivity contribution < 1.29 is 9.84 Å². The molecule has 0 fully saturated rings. The highest BCUT2D eigenvalue weighted by Gasteiger charge is 2.27. The average Bonchev–Trinajstić information content (AvgIpc) is 2.87. The zero-order valence-corrected chi connectivity index (χ0v) is 13.1. The number of hydrogen-bond donors (Lipinski definition) is 1. The van der Waals surface area contributed by atoms with Gasteiger partial charge in [-0.15, -0.1) is 0 Å². The van der Waals surface area contributed by atoms with Crippen LogP contribution in [0.1, 0.15) is 12.0 Å². The minimum absolute atomic E-state index is 0.117. The maximum absolute atomic E-state index is 10.2. The Balaban J connectivity index is 2.43. The Hall–Kier alpha value is -1.46. The van der Waals surface area contributed by atoms with Gasteiger partial charge in [0.2, 0.25) is 0 Å². The number of fused-ring (bicyclic) bond motifs is 3. The normalized spacial score (nSPS) is 13.4. The lowest BCUT2D eigenvalue weighted by atomic mass is 10.0. The third-order valence-corrected chi connectivity index (χ3v) is 4.89. The third-order valence-electron chi connectivity index (χ3n) is 3.16. The molecule has 0 saturated heterocycles. The first kappa shape index (κ1) is 13.5. The van der Waals surface area contributed by atoms with Crippen molar-refractivity contribution in [2.45, 2.75) is 13.0 Å². The molecule has 0 amide bonds. The molecule has 3 rings (SSSR count). The van der Waals surface area contributed by atoms with Gasteiger partial charge in [-0.2, -0.15) is 10.4 Å². The summed E-state index contributed by atoms with van der Waals surface area (Å²) in [7, 11) is 0. The summed E-state index contributed by atoms with van der Waals surface area (Å²) in [5.74, 6) is 0.320. The van der Waals surface area contributed by atoms with Gasteiger partial charge < -0.3 is 9.84 Å². The average molecular weight is 402 g/mol. The molecule has 0 unspecified atom stereocenters. The SMILES string of the molecule is N#Cc1c(O)c(I)c(Cl)c2c1-c1ccnn1CCCO2. The molecule has 2 heterocycles.